The molecule has 0 unspecified atom stereocenters. The molecule has 0 amide bonds. The van der Waals surface area contributed by atoms with Gasteiger partial charge in [-0.15, -0.1) is 0 Å². The molecule has 1 rings (SSSR count). The van der Waals surface area contributed by atoms with Gasteiger partial charge in [-0.1, -0.05) is 30.7 Å². The second-order valence-electron chi connectivity index (χ2n) is 2.53. The largest absolute Gasteiger partial charge is 0.292 e. The fraction of sp³-hybridized carbons (Fsp3) is 0.300. The van der Waals surface area contributed by atoms with Gasteiger partial charge in [-0.3, -0.25) is 4.99 Å². The van der Waals surface area contributed by atoms with Crippen molar-refractivity contribution in [2.75, 3.05) is 7.05 Å². The smallest absolute Gasteiger partial charge is 0.0414 e. The Morgan fingerprint density at radius 2 is 1.92 bits per heavy atom. The molecule has 0 radical (unpaired) electrons. The number of hydrogen-bond acceptors (Lipinski definition) is 1. The SMILES string of the molecule is CCC(=NC)c1ccc(Cl)cc1. The third kappa shape index (κ3) is 2.08. The first-order valence-electron chi connectivity index (χ1n) is 3.99. The average molecular weight is 182 g/mol. The van der Waals surface area contributed by atoms with Crippen molar-refractivity contribution >= 4 is 17.3 Å². The summed E-state index contributed by atoms with van der Waals surface area (Å²) in [5.41, 5.74) is 2.27. The summed E-state index contributed by atoms with van der Waals surface area (Å²) >= 11 is 5.76. The maximum Gasteiger partial charge on any atom is 0.0414 e. The first-order valence-corrected chi connectivity index (χ1v) is 4.37. The van der Waals surface area contributed by atoms with E-state index in [1.165, 1.54) is 0 Å². The second-order valence-corrected chi connectivity index (χ2v) is 2.97. The van der Waals surface area contributed by atoms with Gasteiger partial charge in [0.05, 0.1) is 0 Å². The van der Waals surface area contributed by atoms with Crippen LogP contribution in [0.3, 0.4) is 0 Å². The maximum absolute atomic E-state index is 5.76. The van der Waals surface area contributed by atoms with Crippen molar-refractivity contribution in [2.45, 2.75) is 13.3 Å². The summed E-state index contributed by atoms with van der Waals surface area (Å²) in [4.78, 5) is 4.18. The van der Waals surface area contributed by atoms with Crippen molar-refractivity contribution in [2.24, 2.45) is 4.99 Å². The first-order chi connectivity index (χ1) is 5.77. The maximum atomic E-state index is 5.76. The van der Waals surface area contributed by atoms with Gasteiger partial charge in [0, 0.05) is 17.8 Å². The van der Waals surface area contributed by atoms with Crippen molar-refractivity contribution in [1.29, 1.82) is 0 Å². The van der Waals surface area contributed by atoms with E-state index in [1.807, 2.05) is 31.3 Å². The molecule has 64 valence electrons. The fourth-order valence-corrected chi connectivity index (χ4v) is 1.26. The van der Waals surface area contributed by atoms with Crippen molar-refractivity contribution < 1.29 is 0 Å². The van der Waals surface area contributed by atoms with Crippen LogP contribution in [0.25, 0.3) is 0 Å². The molecule has 1 nitrogen and oxygen atoms in total. The molecule has 0 aliphatic rings. The predicted octanol–water partition coefficient (Wildman–Crippen LogP) is 3.17. The third-order valence-corrected chi connectivity index (χ3v) is 2.03. The van der Waals surface area contributed by atoms with E-state index in [0.29, 0.717) is 0 Å². The van der Waals surface area contributed by atoms with Crippen LogP contribution in [0.1, 0.15) is 18.9 Å². The summed E-state index contributed by atoms with van der Waals surface area (Å²) in [6.45, 7) is 2.09. The van der Waals surface area contributed by atoms with E-state index in [0.717, 1.165) is 22.7 Å². The Balaban J connectivity index is 2.96. The lowest BCUT2D eigenvalue weighted by molar-refractivity contribution is 1.24. The van der Waals surface area contributed by atoms with E-state index in [9.17, 15) is 0 Å². The van der Waals surface area contributed by atoms with Crippen LogP contribution in [0.2, 0.25) is 5.02 Å². The summed E-state index contributed by atoms with van der Waals surface area (Å²) in [5, 5.41) is 0.769. The Morgan fingerprint density at radius 1 is 1.33 bits per heavy atom. The van der Waals surface area contributed by atoms with Gasteiger partial charge in [0.2, 0.25) is 0 Å². The van der Waals surface area contributed by atoms with Crippen LogP contribution in [0.4, 0.5) is 0 Å². The van der Waals surface area contributed by atoms with E-state index in [-0.39, 0.29) is 0 Å². The minimum absolute atomic E-state index is 0.769. The standard InChI is InChI=1S/C10H12ClN/c1-3-10(12-2)8-4-6-9(11)7-5-8/h4-7H,3H2,1-2H3. The second kappa shape index (κ2) is 4.27. The summed E-state index contributed by atoms with van der Waals surface area (Å²) in [6.07, 6.45) is 0.956. The highest BCUT2D eigenvalue weighted by Gasteiger charge is 1.98. The molecule has 0 atom stereocenters. The lowest BCUT2D eigenvalue weighted by Crippen LogP contribution is -1.97. The molecule has 0 spiro atoms. The monoisotopic (exact) mass is 181 g/mol. The zero-order valence-corrected chi connectivity index (χ0v) is 8.10. The van der Waals surface area contributed by atoms with Crippen molar-refractivity contribution in [3.63, 3.8) is 0 Å². The minimum atomic E-state index is 0.769. The molecule has 12 heavy (non-hydrogen) atoms. The molecule has 1 aromatic rings. The van der Waals surface area contributed by atoms with Crippen LogP contribution in [-0.4, -0.2) is 12.8 Å². The van der Waals surface area contributed by atoms with Crippen LogP contribution in [0, 0.1) is 0 Å². The molecule has 0 aliphatic carbocycles. The first kappa shape index (κ1) is 9.27. The lowest BCUT2D eigenvalue weighted by atomic mass is 10.1. The summed E-state index contributed by atoms with van der Waals surface area (Å²) in [6, 6.07) is 7.76. The predicted molar refractivity (Wildman–Crippen MR) is 54.2 cm³/mol. The lowest BCUT2D eigenvalue weighted by Gasteiger charge is -2.01. The molecule has 0 aromatic heterocycles. The van der Waals surface area contributed by atoms with Gasteiger partial charge < -0.3 is 0 Å². The normalized spacial score (nSPS) is 11.8. The van der Waals surface area contributed by atoms with Crippen molar-refractivity contribution in [3.05, 3.63) is 34.9 Å². The van der Waals surface area contributed by atoms with Gasteiger partial charge in [-0.2, -0.15) is 0 Å². The van der Waals surface area contributed by atoms with E-state index in [4.69, 9.17) is 11.6 Å². The number of halogens is 1. The van der Waals surface area contributed by atoms with Gasteiger partial charge in [0.25, 0.3) is 0 Å². The van der Waals surface area contributed by atoms with Gasteiger partial charge in [-0.25, -0.2) is 0 Å². The number of benzene rings is 1. The van der Waals surface area contributed by atoms with E-state index in [1.54, 1.807) is 0 Å². The van der Waals surface area contributed by atoms with Crippen LogP contribution in [-0.2, 0) is 0 Å². The molecular formula is C10H12ClN. The van der Waals surface area contributed by atoms with Crippen molar-refractivity contribution in [3.8, 4) is 0 Å². The van der Waals surface area contributed by atoms with Crippen LogP contribution < -0.4 is 0 Å². The highest BCUT2D eigenvalue weighted by atomic mass is 35.5. The molecule has 0 saturated heterocycles. The van der Waals surface area contributed by atoms with Crippen LogP contribution in [0.15, 0.2) is 29.3 Å². The quantitative estimate of drug-likeness (QED) is 0.622. The molecule has 2 heteroatoms. The van der Waals surface area contributed by atoms with Crippen molar-refractivity contribution in [1.82, 2.24) is 0 Å². The van der Waals surface area contributed by atoms with Crippen LogP contribution in [0.5, 0.6) is 0 Å². The number of hydrogen-bond donors (Lipinski definition) is 0. The molecule has 0 aliphatic heterocycles. The average Bonchev–Trinajstić information content (AvgIpc) is 2.10. The molecule has 1 aromatic carbocycles. The Kier molecular flexibility index (Phi) is 3.30. The Hall–Kier alpha value is -0.820. The van der Waals surface area contributed by atoms with E-state index in [2.05, 4.69) is 11.9 Å². The zero-order valence-electron chi connectivity index (χ0n) is 7.34. The van der Waals surface area contributed by atoms with Crippen LogP contribution >= 0.6 is 11.6 Å². The van der Waals surface area contributed by atoms with Gasteiger partial charge in [-0.05, 0) is 24.1 Å². The zero-order chi connectivity index (χ0) is 8.97. The summed E-state index contributed by atoms with van der Waals surface area (Å²) in [5.74, 6) is 0. The summed E-state index contributed by atoms with van der Waals surface area (Å²) < 4.78 is 0. The highest BCUT2D eigenvalue weighted by molar-refractivity contribution is 6.30. The molecular weight excluding hydrogens is 170 g/mol. The van der Waals surface area contributed by atoms with Gasteiger partial charge in [0.15, 0.2) is 0 Å². The van der Waals surface area contributed by atoms with Gasteiger partial charge >= 0.3 is 0 Å². The number of rotatable bonds is 2. The number of aliphatic imine (C=N–C) groups is 1. The molecule has 0 saturated carbocycles. The topological polar surface area (TPSA) is 12.4 Å². The Bertz CT molecular complexity index is 274. The Labute approximate surface area is 78.1 Å². The summed E-state index contributed by atoms with van der Waals surface area (Å²) in [7, 11) is 1.81. The van der Waals surface area contributed by atoms with Gasteiger partial charge in [0.1, 0.15) is 0 Å². The highest BCUT2D eigenvalue weighted by Crippen LogP contribution is 2.11. The third-order valence-electron chi connectivity index (χ3n) is 1.78. The Morgan fingerprint density at radius 3 is 2.33 bits per heavy atom. The number of nitrogens with zero attached hydrogens (tertiary/aromatic N) is 1. The van der Waals surface area contributed by atoms with E-state index < -0.39 is 0 Å². The molecule has 0 heterocycles. The van der Waals surface area contributed by atoms with E-state index >= 15 is 0 Å². The minimum Gasteiger partial charge on any atom is -0.292 e. The fourth-order valence-electron chi connectivity index (χ4n) is 1.13. The molecule has 0 bridgehead atoms. The molecule has 0 fully saturated rings. The molecule has 0 N–H and O–H groups in total.